The summed E-state index contributed by atoms with van der Waals surface area (Å²) >= 11 is 0. The summed E-state index contributed by atoms with van der Waals surface area (Å²) in [5.74, 6) is 0.0593. The number of nitrogens with one attached hydrogen (secondary N) is 1. The maximum Gasteiger partial charge on any atom is 0.376 e. The second-order valence-electron chi connectivity index (χ2n) is 7.23. The molecule has 1 saturated heterocycles. The minimum Gasteiger partial charge on any atom is -0.375 e. The zero-order valence-electron chi connectivity index (χ0n) is 14.5. The van der Waals surface area contributed by atoms with Crippen LogP contribution in [-0.2, 0) is 4.74 Å². The lowest BCUT2D eigenvalue weighted by molar-refractivity contribution is -0.385. The molecule has 0 bridgehead atoms. The van der Waals surface area contributed by atoms with Crippen LogP contribution in [0.4, 0.5) is 11.5 Å². The molecule has 1 atom stereocenters. The molecule has 26 heavy (non-hydrogen) atoms. The van der Waals surface area contributed by atoms with E-state index in [0.717, 1.165) is 38.5 Å². The van der Waals surface area contributed by atoms with Crippen LogP contribution in [0.5, 0.6) is 0 Å². The average Bonchev–Trinajstić information content (AvgIpc) is 2.62. The van der Waals surface area contributed by atoms with Crippen molar-refractivity contribution in [2.24, 2.45) is 0 Å². The molecule has 8 heteroatoms. The van der Waals surface area contributed by atoms with Crippen LogP contribution in [0.25, 0.3) is 5.65 Å². The van der Waals surface area contributed by atoms with E-state index in [4.69, 9.17) is 4.74 Å². The van der Waals surface area contributed by atoms with Gasteiger partial charge < -0.3 is 10.1 Å². The Balaban J connectivity index is 1.67. The van der Waals surface area contributed by atoms with Crippen molar-refractivity contribution >= 4 is 17.2 Å². The second kappa shape index (κ2) is 6.68. The summed E-state index contributed by atoms with van der Waals surface area (Å²) in [6.07, 6.45) is 8.63. The molecular formula is C18H22N4O4. The minimum absolute atomic E-state index is 0.0126. The molecule has 1 spiro atoms. The van der Waals surface area contributed by atoms with Gasteiger partial charge in [0.05, 0.1) is 10.5 Å². The van der Waals surface area contributed by atoms with E-state index in [-0.39, 0.29) is 17.5 Å². The van der Waals surface area contributed by atoms with E-state index in [1.54, 1.807) is 18.2 Å². The topological polar surface area (TPSA) is 98.8 Å². The maximum absolute atomic E-state index is 12.5. The van der Waals surface area contributed by atoms with Gasteiger partial charge in [0.1, 0.15) is 5.65 Å². The molecule has 2 aliphatic rings. The lowest BCUT2D eigenvalue weighted by atomic mass is 9.78. The van der Waals surface area contributed by atoms with Gasteiger partial charge in [-0.3, -0.25) is 19.3 Å². The number of fused-ring (bicyclic) bond motifs is 1. The number of rotatable bonds is 3. The molecule has 1 N–H and O–H groups in total. The van der Waals surface area contributed by atoms with E-state index in [1.807, 2.05) is 0 Å². The molecule has 3 heterocycles. The van der Waals surface area contributed by atoms with Gasteiger partial charge in [0.2, 0.25) is 5.82 Å². The molecule has 2 aromatic rings. The first-order valence-electron chi connectivity index (χ1n) is 9.14. The molecule has 4 rings (SSSR count). The van der Waals surface area contributed by atoms with Crippen molar-refractivity contribution in [3.8, 4) is 0 Å². The molecule has 0 aromatic carbocycles. The molecule has 1 aliphatic heterocycles. The summed E-state index contributed by atoms with van der Waals surface area (Å²) in [5, 5.41) is 14.7. The number of aromatic nitrogens is 2. The average molecular weight is 358 g/mol. The molecular weight excluding hydrogens is 336 g/mol. The van der Waals surface area contributed by atoms with Crippen LogP contribution in [0.3, 0.4) is 0 Å². The smallest absolute Gasteiger partial charge is 0.375 e. The highest BCUT2D eigenvalue weighted by Gasteiger charge is 2.39. The summed E-state index contributed by atoms with van der Waals surface area (Å²) in [5.41, 5.74) is -0.903. The van der Waals surface area contributed by atoms with Crippen molar-refractivity contribution in [3.05, 3.63) is 44.9 Å². The number of ether oxygens (including phenoxy) is 1. The Bertz CT molecular complexity index is 883. The lowest BCUT2D eigenvalue weighted by Crippen LogP contribution is -2.46. The predicted molar refractivity (Wildman–Crippen MR) is 96.5 cm³/mol. The summed E-state index contributed by atoms with van der Waals surface area (Å²) in [4.78, 5) is 27.8. The Kier molecular flexibility index (Phi) is 4.36. The van der Waals surface area contributed by atoms with Crippen LogP contribution in [-0.4, -0.2) is 32.6 Å². The number of nitro groups is 1. The predicted octanol–water partition coefficient (Wildman–Crippen LogP) is 2.90. The van der Waals surface area contributed by atoms with Gasteiger partial charge in [0, 0.05) is 18.8 Å². The molecule has 0 amide bonds. The number of hydrogen-bond acceptors (Lipinski definition) is 6. The SMILES string of the molecule is O=c1c([N+](=O)[O-])c(NC2CCOC3(CCCCC3)C2)nc2ccccn12. The summed E-state index contributed by atoms with van der Waals surface area (Å²) in [6, 6.07) is 5.09. The van der Waals surface area contributed by atoms with Gasteiger partial charge in [-0.25, -0.2) is 4.98 Å². The fourth-order valence-corrected chi connectivity index (χ4v) is 4.23. The van der Waals surface area contributed by atoms with E-state index in [0.29, 0.717) is 12.3 Å². The van der Waals surface area contributed by atoms with Gasteiger partial charge in [-0.05, 0) is 37.8 Å². The van der Waals surface area contributed by atoms with Crippen LogP contribution < -0.4 is 10.9 Å². The lowest BCUT2D eigenvalue weighted by Gasteiger charge is -2.43. The van der Waals surface area contributed by atoms with Crippen molar-refractivity contribution in [1.82, 2.24) is 9.38 Å². The monoisotopic (exact) mass is 358 g/mol. The van der Waals surface area contributed by atoms with Gasteiger partial charge in [-0.1, -0.05) is 25.3 Å². The van der Waals surface area contributed by atoms with Gasteiger partial charge in [0.25, 0.3) is 0 Å². The first-order chi connectivity index (χ1) is 12.6. The standard InChI is InChI=1S/C18H22N4O4/c23-17-15(22(24)25)16(20-14-6-2-5-10-21(14)17)19-13-7-11-26-18(12-13)8-3-1-4-9-18/h2,5-6,10,13,19H,1,3-4,7-9,11-12H2. The van der Waals surface area contributed by atoms with Crippen LogP contribution in [0.15, 0.2) is 29.2 Å². The Hall–Kier alpha value is -2.48. The van der Waals surface area contributed by atoms with Crippen molar-refractivity contribution in [1.29, 1.82) is 0 Å². The van der Waals surface area contributed by atoms with E-state index in [2.05, 4.69) is 10.3 Å². The first-order valence-corrected chi connectivity index (χ1v) is 9.14. The molecule has 8 nitrogen and oxygen atoms in total. The van der Waals surface area contributed by atoms with E-state index < -0.39 is 16.2 Å². The fourth-order valence-electron chi connectivity index (χ4n) is 4.23. The Morgan fingerprint density at radius 2 is 2.12 bits per heavy atom. The number of pyridine rings is 1. The molecule has 2 aromatic heterocycles. The van der Waals surface area contributed by atoms with Crippen LogP contribution in [0.2, 0.25) is 0 Å². The Morgan fingerprint density at radius 1 is 1.31 bits per heavy atom. The Labute approximate surface area is 150 Å². The summed E-state index contributed by atoms with van der Waals surface area (Å²) in [7, 11) is 0. The molecule has 1 aliphatic carbocycles. The second-order valence-corrected chi connectivity index (χ2v) is 7.23. The maximum atomic E-state index is 12.5. The van der Waals surface area contributed by atoms with Crippen LogP contribution in [0, 0.1) is 10.1 Å². The quantitative estimate of drug-likeness (QED) is 0.669. The third-order valence-corrected chi connectivity index (χ3v) is 5.49. The fraction of sp³-hybridized carbons (Fsp3) is 0.556. The van der Waals surface area contributed by atoms with E-state index in [9.17, 15) is 14.9 Å². The summed E-state index contributed by atoms with van der Waals surface area (Å²) in [6.45, 7) is 0.623. The Morgan fingerprint density at radius 3 is 2.88 bits per heavy atom. The number of nitrogens with zero attached hydrogens (tertiary/aromatic N) is 3. The highest BCUT2D eigenvalue weighted by molar-refractivity contribution is 5.60. The molecule has 2 fully saturated rings. The number of anilines is 1. The zero-order valence-corrected chi connectivity index (χ0v) is 14.5. The minimum atomic E-state index is -0.664. The van der Waals surface area contributed by atoms with E-state index >= 15 is 0 Å². The zero-order chi connectivity index (χ0) is 18.1. The molecule has 1 saturated carbocycles. The van der Waals surface area contributed by atoms with Crippen molar-refractivity contribution in [3.63, 3.8) is 0 Å². The third kappa shape index (κ3) is 3.05. The van der Waals surface area contributed by atoms with Crippen LogP contribution >= 0.6 is 0 Å². The highest BCUT2D eigenvalue weighted by Crippen LogP contribution is 2.39. The molecule has 138 valence electrons. The van der Waals surface area contributed by atoms with Crippen LogP contribution in [0.1, 0.15) is 44.9 Å². The summed E-state index contributed by atoms with van der Waals surface area (Å²) < 4.78 is 7.29. The van der Waals surface area contributed by atoms with Gasteiger partial charge in [-0.2, -0.15) is 0 Å². The molecule has 1 unspecified atom stereocenters. The van der Waals surface area contributed by atoms with Crippen molar-refractivity contribution in [2.75, 3.05) is 11.9 Å². The van der Waals surface area contributed by atoms with Gasteiger partial charge in [-0.15, -0.1) is 0 Å². The van der Waals surface area contributed by atoms with Crippen molar-refractivity contribution in [2.45, 2.75) is 56.6 Å². The third-order valence-electron chi connectivity index (χ3n) is 5.49. The number of hydrogen-bond donors (Lipinski definition) is 1. The van der Waals surface area contributed by atoms with Gasteiger partial charge >= 0.3 is 11.2 Å². The first kappa shape index (κ1) is 17.0. The highest BCUT2D eigenvalue weighted by atomic mass is 16.6. The van der Waals surface area contributed by atoms with E-state index in [1.165, 1.54) is 17.0 Å². The van der Waals surface area contributed by atoms with Crippen molar-refractivity contribution < 1.29 is 9.66 Å². The molecule has 0 radical (unpaired) electrons. The largest absolute Gasteiger partial charge is 0.376 e. The normalized spacial score (nSPS) is 22.4. The van der Waals surface area contributed by atoms with Gasteiger partial charge in [0.15, 0.2) is 0 Å².